The quantitative estimate of drug-likeness (QED) is 0.206. The Kier molecular flexibility index (Phi) is 4.82. The van der Waals surface area contributed by atoms with Crippen molar-refractivity contribution >= 4 is 34.2 Å². The van der Waals surface area contributed by atoms with Crippen LogP contribution in [0.4, 0.5) is 5.69 Å². The smallest absolute Gasteiger partial charge is 0.335 e. The average molecular weight is 416 g/mol. The van der Waals surface area contributed by atoms with Gasteiger partial charge in [0.05, 0.1) is 23.2 Å². The molecule has 0 saturated heterocycles. The summed E-state index contributed by atoms with van der Waals surface area (Å²) in [5.41, 5.74) is -0.126. The normalized spacial score (nSPS) is 13.8. The first-order valence-corrected chi connectivity index (χ1v) is 9.27. The molecule has 1 heterocycles. The van der Waals surface area contributed by atoms with Gasteiger partial charge in [-0.05, 0) is 23.6 Å². The number of rotatable bonds is 5. The van der Waals surface area contributed by atoms with E-state index in [0.717, 1.165) is 12.0 Å². The van der Waals surface area contributed by atoms with Crippen LogP contribution in [0, 0.1) is 10.1 Å². The Hall–Kier alpha value is -4.33. The molecule has 1 aliphatic rings. The molecule has 1 atom stereocenters. The minimum atomic E-state index is -1.42. The van der Waals surface area contributed by atoms with Crippen LogP contribution < -0.4 is 0 Å². The van der Waals surface area contributed by atoms with Gasteiger partial charge in [0.25, 0.3) is 17.5 Å². The van der Waals surface area contributed by atoms with Gasteiger partial charge in [-0.25, -0.2) is 4.79 Å². The third kappa shape index (κ3) is 3.05. The van der Waals surface area contributed by atoms with E-state index in [9.17, 15) is 24.5 Å². The van der Waals surface area contributed by atoms with E-state index < -0.39 is 28.7 Å². The summed E-state index contributed by atoms with van der Waals surface area (Å²) < 4.78 is 4.75. The fourth-order valence-electron chi connectivity index (χ4n) is 3.89. The van der Waals surface area contributed by atoms with Gasteiger partial charge in [-0.1, -0.05) is 43.0 Å². The van der Waals surface area contributed by atoms with Crippen molar-refractivity contribution in [3.8, 4) is 0 Å². The number of ether oxygens (including phenoxy) is 1. The Labute approximate surface area is 176 Å². The SMILES string of the molecule is C=C(C(=O)OC)[C@@H](c1ccccc1[N+](=O)[O-])N1C(=O)c2cccc3cccc(c23)C1=O. The molecule has 8 nitrogen and oxygen atoms in total. The number of esters is 1. The molecule has 0 radical (unpaired) electrons. The minimum Gasteiger partial charge on any atom is -0.466 e. The highest BCUT2D eigenvalue weighted by atomic mass is 16.6. The highest BCUT2D eigenvalue weighted by Gasteiger charge is 2.43. The van der Waals surface area contributed by atoms with Crippen molar-refractivity contribution < 1.29 is 24.0 Å². The molecule has 154 valence electrons. The molecule has 0 aliphatic carbocycles. The fraction of sp³-hybridized carbons (Fsp3) is 0.0870. The molecule has 3 aromatic rings. The van der Waals surface area contributed by atoms with Gasteiger partial charge in [-0.3, -0.25) is 24.6 Å². The van der Waals surface area contributed by atoms with Crippen LogP contribution in [0.1, 0.15) is 32.3 Å². The summed E-state index contributed by atoms with van der Waals surface area (Å²) in [6, 6.07) is 14.3. The molecule has 31 heavy (non-hydrogen) atoms. The lowest BCUT2D eigenvalue weighted by Gasteiger charge is -2.34. The van der Waals surface area contributed by atoms with Crippen LogP contribution >= 0.6 is 0 Å². The summed E-state index contributed by atoms with van der Waals surface area (Å²) in [6.45, 7) is 3.71. The molecule has 8 heteroatoms. The third-order valence-corrected chi connectivity index (χ3v) is 5.27. The summed E-state index contributed by atoms with van der Waals surface area (Å²) in [6.07, 6.45) is 0. The van der Waals surface area contributed by atoms with Crippen LogP contribution in [0.2, 0.25) is 0 Å². The van der Waals surface area contributed by atoms with Crippen LogP contribution in [0.25, 0.3) is 10.8 Å². The zero-order valence-corrected chi connectivity index (χ0v) is 16.4. The first-order chi connectivity index (χ1) is 14.9. The number of nitrogens with zero attached hydrogens (tertiary/aromatic N) is 2. The number of benzene rings is 3. The molecular formula is C23H16N2O6. The molecule has 0 saturated carbocycles. The molecular weight excluding hydrogens is 400 g/mol. The van der Waals surface area contributed by atoms with E-state index >= 15 is 0 Å². The molecule has 0 unspecified atom stereocenters. The first-order valence-electron chi connectivity index (χ1n) is 9.27. The zero-order chi connectivity index (χ0) is 22.3. The first kappa shape index (κ1) is 20.0. The highest BCUT2D eigenvalue weighted by molar-refractivity contribution is 6.26. The largest absolute Gasteiger partial charge is 0.466 e. The molecule has 4 rings (SSSR count). The summed E-state index contributed by atoms with van der Waals surface area (Å²) >= 11 is 0. The number of imide groups is 1. The molecule has 0 fully saturated rings. The van der Waals surface area contributed by atoms with Crippen molar-refractivity contribution in [1.82, 2.24) is 4.90 Å². The van der Waals surface area contributed by atoms with Crippen LogP contribution in [0.15, 0.2) is 72.8 Å². The standard InChI is InChI=1S/C23H16N2O6/c1-13(23(28)31-2)20(15-9-3-4-12-18(15)25(29)30)24-21(26)16-10-5-7-14-8-6-11-17(19(14)16)22(24)27/h3-12,20H,1H2,2H3/t20-/m0/s1. The summed E-state index contributed by atoms with van der Waals surface area (Å²) in [5, 5.41) is 12.9. The summed E-state index contributed by atoms with van der Waals surface area (Å²) in [5.74, 6) is -2.24. The van der Waals surface area contributed by atoms with Gasteiger partial charge in [0.2, 0.25) is 0 Å². The van der Waals surface area contributed by atoms with Gasteiger partial charge in [-0.2, -0.15) is 0 Å². The number of para-hydroxylation sites is 1. The van der Waals surface area contributed by atoms with E-state index in [-0.39, 0.29) is 28.0 Å². The molecule has 0 N–H and O–H groups in total. The number of carbonyl (C=O) groups excluding carboxylic acids is 3. The highest BCUT2D eigenvalue weighted by Crippen LogP contribution is 2.40. The molecule has 0 spiro atoms. The molecule has 0 bridgehead atoms. The summed E-state index contributed by atoms with van der Waals surface area (Å²) in [4.78, 5) is 51.2. The Balaban J connectivity index is 1.98. The van der Waals surface area contributed by atoms with Crippen LogP contribution in [-0.4, -0.2) is 34.7 Å². The second-order valence-corrected chi connectivity index (χ2v) is 6.92. The van der Waals surface area contributed by atoms with Gasteiger partial charge in [0, 0.05) is 22.6 Å². The Morgan fingerprint density at radius 1 is 1.00 bits per heavy atom. The predicted octanol–water partition coefficient (Wildman–Crippen LogP) is 3.81. The Morgan fingerprint density at radius 3 is 2.13 bits per heavy atom. The lowest BCUT2D eigenvalue weighted by Crippen LogP contribution is -2.44. The van der Waals surface area contributed by atoms with Crippen LogP contribution in [0.3, 0.4) is 0 Å². The van der Waals surface area contributed by atoms with E-state index in [2.05, 4.69) is 6.58 Å². The van der Waals surface area contributed by atoms with Gasteiger partial charge < -0.3 is 4.74 Å². The number of nitro groups is 1. The second kappa shape index (κ2) is 7.49. The van der Waals surface area contributed by atoms with Crippen molar-refractivity contribution in [3.63, 3.8) is 0 Å². The average Bonchev–Trinajstić information content (AvgIpc) is 2.79. The van der Waals surface area contributed by atoms with E-state index in [0.29, 0.717) is 10.8 Å². The van der Waals surface area contributed by atoms with Crippen LogP contribution in [-0.2, 0) is 9.53 Å². The van der Waals surface area contributed by atoms with E-state index in [1.54, 1.807) is 36.4 Å². The van der Waals surface area contributed by atoms with Crippen molar-refractivity contribution in [2.45, 2.75) is 6.04 Å². The number of carbonyl (C=O) groups is 3. The van der Waals surface area contributed by atoms with Gasteiger partial charge in [0.1, 0.15) is 6.04 Å². The molecule has 1 aliphatic heterocycles. The lowest BCUT2D eigenvalue weighted by molar-refractivity contribution is -0.385. The van der Waals surface area contributed by atoms with Crippen molar-refractivity contribution in [2.75, 3.05) is 7.11 Å². The number of amides is 2. The van der Waals surface area contributed by atoms with E-state index in [1.807, 2.05) is 0 Å². The fourth-order valence-corrected chi connectivity index (χ4v) is 3.89. The number of methoxy groups -OCH3 is 1. The van der Waals surface area contributed by atoms with Crippen molar-refractivity contribution in [2.24, 2.45) is 0 Å². The topological polar surface area (TPSA) is 107 Å². The maximum Gasteiger partial charge on any atom is 0.335 e. The molecule has 0 aromatic heterocycles. The number of hydrogen-bond donors (Lipinski definition) is 0. The van der Waals surface area contributed by atoms with Gasteiger partial charge >= 0.3 is 5.97 Å². The van der Waals surface area contributed by atoms with E-state index in [1.165, 1.54) is 24.3 Å². The second-order valence-electron chi connectivity index (χ2n) is 6.92. The van der Waals surface area contributed by atoms with Crippen molar-refractivity contribution in [1.29, 1.82) is 0 Å². The van der Waals surface area contributed by atoms with Gasteiger partial charge in [-0.15, -0.1) is 0 Å². The van der Waals surface area contributed by atoms with Crippen LogP contribution in [0.5, 0.6) is 0 Å². The number of nitro benzene ring substituents is 1. The van der Waals surface area contributed by atoms with Gasteiger partial charge in [0.15, 0.2) is 0 Å². The Bertz CT molecular complexity index is 1250. The third-order valence-electron chi connectivity index (χ3n) is 5.27. The lowest BCUT2D eigenvalue weighted by atomic mass is 9.89. The minimum absolute atomic E-state index is 0.0174. The maximum atomic E-state index is 13.5. The van der Waals surface area contributed by atoms with Crippen molar-refractivity contribution in [3.05, 3.63) is 99.6 Å². The maximum absolute atomic E-state index is 13.5. The molecule has 2 amide bonds. The number of hydrogen-bond acceptors (Lipinski definition) is 6. The monoisotopic (exact) mass is 416 g/mol. The Morgan fingerprint density at radius 2 is 1.58 bits per heavy atom. The summed E-state index contributed by atoms with van der Waals surface area (Å²) in [7, 11) is 1.12. The van der Waals surface area contributed by atoms with E-state index in [4.69, 9.17) is 4.74 Å². The zero-order valence-electron chi connectivity index (χ0n) is 16.4. The predicted molar refractivity (Wildman–Crippen MR) is 111 cm³/mol. The molecule has 3 aromatic carbocycles.